The van der Waals surface area contributed by atoms with E-state index in [1.165, 1.54) is 0 Å². The second-order valence-electron chi connectivity index (χ2n) is 7.66. The molecule has 2 aromatic rings. The summed E-state index contributed by atoms with van der Waals surface area (Å²) in [6.07, 6.45) is -0.667. The van der Waals surface area contributed by atoms with Crippen LogP contribution in [0, 0.1) is 0 Å². The summed E-state index contributed by atoms with van der Waals surface area (Å²) in [6.45, 7) is 7.13. The molecule has 142 valence electrons. The summed E-state index contributed by atoms with van der Waals surface area (Å²) in [7, 11) is 0. The molecule has 3 rings (SSSR count). The highest BCUT2D eigenvalue weighted by atomic mass is 16.6. The summed E-state index contributed by atoms with van der Waals surface area (Å²) in [5, 5.41) is 0. The minimum Gasteiger partial charge on any atom is -0.478 e. The maximum Gasteiger partial charge on any atom is 0.329 e. The Labute approximate surface area is 159 Å². The fourth-order valence-corrected chi connectivity index (χ4v) is 3.16. The first-order valence-corrected chi connectivity index (χ1v) is 9.09. The predicted molar refractivity (Wildman–Crippen MR) is 102 cm³/mol. The van der Waals surface area contributed by atoms with E-state index in [0.29, 0.717) is 5.75 Å². The first-order valence-electron chi connectivity index (χ1n) is 9.09. The summed E-state index contributed by atoms with van der Waals surface area (Å²) in [4.78, 5) is 26.9. The number of hydrogen-bond acceptors (Lipinski definition) is 4. The molecule has 1 aliphatic heterocycles. The molecule has 5 heteroatoms. The van der Waals surface area contributed by atoms with Gasteiger partial charge in [0, 0.05) is 0 Å². The van der Waals surface area contributed by atoms with Gasteiger partial charge in [0.05, 0.1) is 0 Å². The van der Waals surface area contributed by atoms with Gasteiger partial charge in [-0.15, -0.1) is 0 Å². The Bertz CT molecular complexity index is 798. The van der Waals surface area contributed by atoms with Crippen molar-refractivity contribution in [2.24, 2.45) is 0 Å². The van der Waals surface area contributed by atoms with Crippen LogP contribution >= 0.6 is 0 Å². The van der Waals surface area contributed by atoms with Crippen LogP contribution in [0.5, 0.6) is 5.75 Å². The summed E-state index contributed by atoms with van der Waals surface area (Å²) < 4.78 is 11.4. The third-order valence-corrected chi connectivity index (χ3v) is 4.40. The second-order valence-corrected chi connectivity index (χ2v) is 7.66. The molecule has 0 aliphatic carbocycles. The highest BCUT2D eigenvalue weighted by molar-refractivity contribution is 5.93. The van der Waals surface area contributed by atoms with Gasteiger partial charge >= 0.3 is 5.97 Å². The normalized spacial score (nSPS) is 20.6. The molecule has 1 amide bonds. The number of rotatable bonds is 5. The smallest absolute Gasteiger partial charge is 0.329 e. The van der Waals surface area contributed by atoms with Gasteiger partial charge < -0.3 is 14.4 Å². The largest absolute Gasteiger partial charge is 0.478 e. The number of esters is 1. The van der Waals surface area contributed by atoms with Crippen LogP contribution in [0.4, 0.5) is 0 Å². The third kappa shape index (κ3) is 4.13. The Kier molecular flexibility index (Phi) is 5.22. The molecule has 0 N–H and O–H groups in total. The van der Waals surface area contributed by atoms with Gasteiger partial charge in [-0.1, -0.05) is 48.5 Å². The number of nitrogens with zero attached hydrogens (tertiary/aromatic N) is 1. The monoisotopic (exact) mass is 367 g/mol. The molecular formula is C22H25NO4. The number of hydrogen-bond donors (Lipinski definition) is 0. The zero-order chi connectivity index (χ0) is 19.6. The molecule has 0 spiro atoms. The summed E-state index contributed by atoms with van der Waals surface area (Å²) >= 11 is 0. The molecule has 1 heterocycles. The molecule has 0 aromatic heterocycles. The molecule has 0 saturated carbocycles. The van der Waals surface area contributed by atoms with Crippen molar-refractivity contribution in [3.05, 3.63) is 66.2 Å². The van der Waals surface area contributed by atoms with Crippen LogP contribution in [-0.2, 0) is 14.3 Å². The number of ether oxygens (including phenoxy) is 2. The zero-order valence-electron chi connectivity index (χ0n) is 16.1. The molecular weight excluding hydrogens is 342 g/mol. The van der Waals surface area contributed by atoms with Crippen LogP contribution in [0.15, 0.2) is 60.7 Å². The van der Waals surface area contributed by atoms with Crippen molar-refractivity contribution in [3.8, 4) is 5.75 Å². The lowest BCUT2D eigenvalue weighted by atomic mass is 9.88. The fraction of sp³-hybridized carbons (Fsp3) is 0.364. The van der Waals surface area contributed by atoms with Crippen LogP contribution in [0.25, 0.3) is 0 Å². The topological polar surface area (TPSA) is 55.8 Å². The molecule has 1 aliphatic rings. The molecule has 3 atom stereocenters. The van der Waals surface area contributed by atoms with Crippen molar-refractivity contribution in [2.75, 3.05) is 0 Å². The van der Waals surface area contributed by atoms with Crippen LogP contribution in [0.3, 0.4) is 0 Å². The van der Waals surface area contributed by atoms with Gasteiger partial charge in [-0.2, -0.15) is 0 Å². The van der Waals surface area contributed by atoms with Crippen LogP contribution in [0.1, 0.15) is 39.3 Å². The van der Waals surface area contributed by atoms with Crippen molar-refractivity contribution in [1.29, 1.82) is 0 Å². The quantitative estimate of drug-likeness (QED) is 0.597. The SMILES string of the molecule is C[C@@H](C(=O)OC(C)(C)C)N1C(=O)[C@@H](Oc2ccccc2)[C@H]1c1ccccc1. The molecule has 0 unspecified atom stereocenters. The van der Waals surface area contributed by atoms with E-state index < -0.39 is 23.7 Å². The van der Waals surface area contributed by atoms with Crippen molar-refractivity contribution in [1.82, 2.24) is 4.90 Å². The van der Waals surface area contributed by atoms with E-state index in [9.17, 15) is 9.59 Å². The van der Waals surface area contributed by atoms with Gasteiger partial charge in [0.25, 0.3) is 5.91 Å². The number of para-hydroxylation sites is 1. The predicted octanol–water partition coefficient (Wildman–Crippen LogP) is 3.75. The average molecular weight is 367 g/mol. The highest BCUT2D eigenvalue weighted by Gasteiger charge is 2.54. The van der Waals surface area contributed by atoms with Crippen LogP contribution < -0.4 is 4.74 Å². The molecule has 5 nitrogen and oxygen atoms in total. The summed E-state index contributed by atoms with van der Waals surface area (Å²) in [5.41, 5.74) is 0.315. The maximum absolute atomic E-state index is 12.9. The molecule has 27 heavy (non-hydrogen) atoms. The van der Waals surface area contributed by atoms with Gasteiger partial charge in [-0.25, -0.2) is 4.79 Å². The number of benzene rings is 2. The summed E-state index contributed by atoms with van der Waals surface area (Å²) in [5.74, 6) is -0.0117. The Balaban J connectivity index is 1.85. The number of carbonyl (C=O) groups excluding carboxylic acids is 2. The Morgan fingerprint density at radius 3 is 2.11 bits per heavy atom. The second kappa shape index (κ2) is 7.43. The van der Waals surface area contributed by atoms with Crippen molar-refractivity contribution in [2.45, 2.75) is 51.5 Å². The van der Waals surface area contributed by atoms with Gasteiger partial charge in [0.2, 0.25) is 6.10 Å². The minimum atomic E-state index is -0.697. The lowest BCUT2D eigenvalue weighted by molar-refractivity contribution is -0.182. The lowest BCUT2D eigenvalue weighted by Crippen LogP contribution is -2.65. The molecule has 0 bridgehead atoms. The summed E-state index contributed by atoms with van der Waals surface area (Å²) in [6, 6.07) is 17.8. The van der Waals surface area contributed by atoms with E-state index in [2.05, 4.69) is 0 Å². The molecule has 1 saturated heterocycles. The van der Waals surface area contributed by atoms with E-state index in [0.717, 1.165) is 5.56 Å². The van der Waals surface area contributed by atoms with E-state index >= 15 is 0 Å². The molecule has 2 aromatic carbocycles. The van der Waals surface area contributed by atoms with Crippen molar-refractivity contribution < 1.29 is 19.1 Å². The number of carbonyl (C=O) groups is 2. The standard InChI is InChI=1S/C22H25NO4/c1-15(21(25)27-22(2,3)4)23-18(16-11-7-5-8-12-16)19(20(23)24)26-17-13-9-6-10-14-17/h5-15,18-19H,1-4H3/t15-,18+,19-/m0/s1. The van der Waals surface area contributed by atoms with Gasteiger partial charge in [-0.05, 0) is 45.4 Å². The van der Waals surface area contributed by atoms with Crippen LogP contribution in [0.2, 0.25) is 0 Å². The minimum absolute atomic E-state index is 0.217. The van der Waals surface area contributed by atoms with Gasteiger partial charge in [0.1, 0.15) is 23.4 Å². The highest BCUT2D eigenvalue weighted by Crippen LogP contribution is 2.39. The fourth-order valence-electron chi connectivity index (χ4n) is 3.16. The molecule has 1 fully saturated rings. The van der Waals surface area contributed by atoms with E-state index in [4.69, 9.17) is 9.47 Å². The van der Waals surface area contributed by atoms with Crippen molar-refractivity contribution >= 4 is 11.9 Å². The zero-order valence-corrected chi connectivity index (χ0v) is 16.1. The third-order valence-electron chi connectivity index (χ3n) is 4.40. The Morgan fingerprint density at radius 1 is 1.00 bits per heavy atom. The van der Waals surface area contributed by atoms with Gasteiger partial charge in [-0.3, -0.25) is 4.79 Å². The number of β-lactam (4-membered cyclic amide) rings is 1. The van der Waals surface area contributed by atoms with E-state index in [1.807, 2.05) is 81.4 Å². The average Bonchev–Trinajstić information content (AvgIpc) is 2.63. The Morgan fingerprint density at radius 2 is 1.56 bits per heavy atom. The Hall–Kier alpha value is -2.82. The first-order chi connectivity index (χ1) is 12.8. The van der Waals surface area contributed by atoms with E-state index in [-0.39, 0.29) is 11.9 Å². The van der Waals surface area contributed by atoms with Crippen molar-refractivity contribution in [3.63, 3.8) is 0 Å². The van der Waals surface area contributed by atoms with Crippen LogP contribution in [-0.4, -0.2) is 34.5 Å². The lowest BCUT2D eigenvalue weighted by Gasteiger charge is -2.49. The molecule has 0 radical (unpaired) electrons. The number of amides is 1. The number of likely N-dealkylation sites (tertiary alicyclic amines) is 1. The first kappa shape index (κ1) is 19.0. The maximum atomic E-state index is 12.9. The van der Waals surface area contributed by atoms with E-state index in [1.54, 1.807) is 11.8 Å². The van der Waals surface area contributed by atoms with Gasteiger partial charge in [0.15, 0.2) is 0 Å².